The van der Waals surface area contributed by atoms with Crippen molar-refractivity contribution in [1.82, 2.24) is 10.2 Å². The van der Waals surface area contributed by atoms with Gasteiger partial charge in [0.05, 0.1) is 12.6 Å². The molecule has 1 aromatic rings. The number of likely N-dealkylation sites (N-methyl/N-ethyl adjacent to an activating group) is 1. The van der Waals surface area contributed by atoms with Crippen molar-refractivity contribution in [2.24, 2.45) is 0 Å². The molecule has 0 aliphatic rings. The van der Waals surface area contributed by atoms with Crippen molar-refractivity contribution >= 4 is 6.09 Å². The van der Waals surface area contributed by atoms with Crippen LogP contribution in [0.4, 0.5) is 4.79 Å². The highest BCUT2D eigenvalue weighted by atomic mass is 16.5. The van der Waals surface area contributed by atoms with E-state index in [2.05, 4.69) is 5.32 Å². The first-order valence-corrected chi connectivity index (χ1v) is 5.84. The molecule has 1 amide bonds. The molecule has 0 saturated carbocycles. The van der Waals surface area contributed by atoms with E-state index < -0.39 is 6.09 Å². The molecule has 0 saturated heterocycles. The molecule has 5 nitrogen and oxygen atoms in total. The van der Waals surface area contributed by atoms with Gasteiger partial charge in [-0.15, -0.1) is 0 Å². The van der Waals surface area contributed by atoms with Crippen LogP contribution < -0.4 is 5.32 Å². The van der Waals surface area contributed by atoms with E-state index in [9.17, 15) is 4.79 Å². The zero-order chi connectivity index (χ0) is 13.4. The van der Waals surface area contributed by atoms with Crippen molar-refractivity contribution in [2.45, 2.75) is 12.6 Å². The molecule has 0 heterocycles. The van der Waals surface area contributed by atoms with Gasteiger partial charge in [-0.3, -0.25) is 0 Å². The number of aliphatic hydroxyl groups is 1. The van der Waals surface area contributed by atoms with E-state index in [4.69, 9.17) is 9.84 Å². The molecule has 1 aromatic carbocycles. The fourth-order valence-electron chi connectivity index (χ4n) is 1.52. The summed E-state index contributed by atoms with van der Waals surface area (Å²) < 4.78 is 5.06. The average Bonchev–Trinajstić information content (AvgIpc) is 2.36. The molecule has 5 heteroatoms. The average molecular weight is 252 g/mol. The number of hydrogen-bond donors (Lipinski definition) is 2. The van der Waals surface area contributed by atoms with E-state index in [1.54, 1.807) is 0 Å². The molecule has 18 heavy (non-hydrogen) atoms. The van der Waals surface area contributed by atoms with E-state index in [1.807, 2.05) is 49.3 Å². The summed E-state index contributed by atoms with van der Waals surface area (Å²) in [4.78, 5) is 13.4. The van der Waals surface area contributed by atoms with Gasteiger partial charge in [0, 0.05) is 6.54 Å². The fraction of sp³-hybridized carbons (Fsp3) is 0.462. The minimum atomic E-state index is -0.514. The number of carbonyl (C=O) groups is 1. The highest BCUT2D eigenvalue weighted by molar-refractivity contribution is 5.67. The Morgan fingerprint density at radius 3 is 2.61 bits per heavy atom. The van der Waals surface area contributed by atoms with E-state index in [-0.39, 0.29) is 19.3 Å². The van der Waals surface area contributed by atoms with Crippen molar-refractivity contribution in [1.29, 1.82) is 0 Å². The number of carbonyl (C=O) groups excluding carboxylic acids is 1. The van der Waals surface area contributed by atoms with Gasteiger partial charge in [-0.1, -0.05) is 30.3 Å². The van der Waals surface area contributed by atoms with Gasteiger partial charge in [-0.05, 0) is 19.7 Å². The van der Waals surface area contributed by atoms with Crippen LogP contribution in [0, 0.1) is 0 Å². The number of nitrogens with one attached hydrogen (secondary N) is 1. The summed E-state index contributed by atoms with van der Waals surface area (Å²) in [6.07, 6.45) is -0.514. The van der Waals surface area contributed by atoms with Gasteiger partial charge >= 0.3 is 6.09 Å². The third-order valence-electron chi connectivity index (χ3n) is 2.34. The van der Waals surface area contributed by atoms with E-state index >= 15 is 0 Å². The Labute approximate surface area is 107 Å². The first-order valence-electron chi connectivity index (χ1n) is 5.84. The van der Waals surface area contributed by atoms with Crippen LogP contribution in [-0.2, 0) is 11.3 Å². The van der Waals surface area contributed by atoms with Crippen molar-refractivity contribution in [2.75, 3.05) is 27.2 Å². The zero-order valence-electron chi connectivity index (χ0n) is 10.8. The maximum Gasteiger partial charge on any atom is 0.407 e. The first-order chi connectivity index (χ1) is 8.61. The summed E-state index contributed by atoms with van der Waals surface area (Å²) >= 11 is 0. The maximum absolute atomic E-state index is 11.5. The number of hydrogen-bond acceptors (Lipinski definition) is 4. The van der Waals surface area contributed by atoms with Gasteiger partial charge in [-0.25, -0.2) is 4.79 Å². The van der Waals surface area contributed by atoms with Crippen LogP contribution in [0.2, 0.25) is 0 Å². The van der Waals surface area contributed by atoms with Crippen LogP contribution in [0.15, 0.2) is 30.3 Å². The van der Waals surface area contributed by atoms with Crippen molar-refractivity contribution in [3.63, 3.8) is 0 Å². The van der Waals surface area contributed by atoms with Crippen LogP contribution >= 0.6 is 0 Å². The predicted octanol–water partition coefficient (Wildman–Crippen LogP) is 0.835. The Kier molecular flexibility index (Phi) is 6.18. The largest absolute Gasteiger partial charge is 0.445 e. The van der Waals surface area contributed by atoms with Gasteiger partial charge in [0.2, 0.25) is 0 Å². The molecular weight excluding hydrogens is 232 g/mol. The molecule has 1 atom stereocenters. The summed E-state index contributed by atoms with van der Waals surface area (Å²) in [5.74, 6) is 0. The topological polar surface area (TPSA) is 61.8 Å². The van der Waals surface area contributed by atoms with E-state index in [0.29, 0.717) is 6.54 Å². The molecular formula is C13H20N2O3. The molecule has 2 N–H and O–H groups in total. The minimum absolute atomic E-state index is 0.112. The van der Waals surface area contributed by atoms with Gasteiger partial charge in [0.15, 0.2) is 0 Å². The summed E-state index contributed by atoms with van der Waals surface area (Å²) in [5.41, 5.74) is 0.931. The van der Waals surface area contributed by atoms with Crippen LogP contribution in [0.3, 0.4) is 0 Å². The molecule has 0 fully saturated rings. The third-order valence-corrected chi connectivity index (χ3v) is 2.34. The second kappa shape index (κ2) is 7.68. The summed E-state index contributed by atoms with van der Waals surface area (Å²) in [7, 11) is 3.75. The normalized spacial score (nSPS) is 12.2. The van der Waals surface area contributed by atoms with Gasteiger partial charge in [-0.2, -0.15) is 0 Å². The van der Waals surface area contributed by atoms with Crippen LogP contribution in [0.1, 0.15) is 5.56 Å². The molecule has 0 aromatic heterocycles. The number of aliphatic hydroxyl groups excluding tert-OH is 1. The van der Waals surface area contributed by atoms with Gasteiger partial charge in [0.25, 0.3) is 0 Å². The van der Waals surface area contributed by atoms with Crippen LogP contribution in [-0.4, -0.2) is 49.4 Å². The number of alkyl carbamates (subject to hydrolysis) is 1. The molecule has 0 spiro atoms. The molecule has 0 aliphatic heterocycles. The highest BCUT2D eigenvalue weighted by Gasteiger charge is 2.12. The number of ether oxygens (including phenoxy) is 1. The molecule has 1 rings (SSSR count). The van der Waals surface area contributed by atoms with Gasteiger partial charge in [0.1, 0.15) is 6.61 Å². The Morgan fingerprint density at radius 2 is 2.06 bits per heavy atom. The quantitative estimate of drug-likeness (QED) is 0.787. The molecule has 0 aliphatic carbocycles. The van der Waals surface area contributed by atoms with Gasteiger partial charge < -0.3 is 20.1 Å². The maximum atomic E-state index is 11.5. The lowest BCUT2D eigenvalue weighted by Crippen LogP contribution is -2.44. The summed E-state index contributed by atoms with van der Waals surface area (Å²) in [5, 5.41) is 11.7. The first kappa shape index (κ1) is 14.5. The van der Waals surface area contributed by atoms with Crippen molar-refractivity contribution < 1.29 is 14.6 Å². The second-order valence-electron chi connectivity index (χ2n) is 4.35. The van der Waals surface area contributed by atoms with Crippen LogP contribution in [0.5, 0.6) is 0 Å². The number of benzene rings is 1. The molecule has 100 valence electrons. The third kappa shape index (κ3) is 5.65. The van der Waals surface area contributed by atoms with Crippen molar-refractivity contribution in [3.05, 3.63) is 35.9 Å². The number of nitrogens with zero attached hydrogens (tertiary/aromatic N) is 1. The summed E-state index contributed by atoms with van der Waals surface area (Å²) in [6, 6.07) is 9.14. The second-order valence-corrected chi connectivity index (χ2v) is 4.35. The standard InChI is InChI=1S/C13H20N2O3/c1-15(2)8-12(9-16)14-13(17)18-10-11-6-4-3-5-7-11/h3-7,12,16H,8-10H2,1-2H3,(H,14,17). The molecule has 0 radical (unpaired) electrons. The SMILES string of the molecule is CN(C)CC(CO)NC(=O)OCc1ccccc1. The van der Waals surface area contributed by atoms with E-state index in [1.165, 1.54) is 0 Å². The Balaban J connectivity index is 2.32. The lowest BCUT2D eigenvalue weighted by atomic mass is 10.2. The Hall–Kier alpha value is -1.59. The highest BCUT2D eigenvalue weighted by Crippen LogP contribution is 2.00. The molecule has 0 bridgehead atoms. The zero-order valence-corrected chi connectivity index (χ0v) is 10.8. The lowest BCUT2D eigenvalue weighted by Gasteiger charge is -2.19. The Bertz CT molecular complexity index is 355. The number of amides is 1. The van der Waals surface area contributed by atoms with E-state index in [0.717, 1.165) is 5.56 Å². The van der Waals surface area contributed by atoms with Crippen LogP contribution in [0.25, 0.3) is 0 Å². The fourth-order valence-corrected chi connectivity index (χ4v) is 1.52. The smallest absolute Gasteiger partial charge is 0.407 e. The number of rotatable bonds is 6. The lowest BCUT2D eigenvalue weighted by molar-refractivity contribution is 0.125. The molecule has 1 unspecified atom stereocenters. The monoisotopic (exact) mass is 252 g/mol. The van der Waals surface area contributed by atoms with Crippen molar-refractivity contribution in [3.8, 4) is 0 Å². The summed E-state index contributed by atoms with van der Waals surface area (Å²) in [6.45, 7) is 0.683. The Morgan fingerprint density at radius 1 is 1.39 bits per heavy atom. The minimum Gasteiger partial charge on any atom is -0.445 e. The predicted molar refractivity (Wildman–Crippen MR) is 69.2 cm³/mol.